The number of rotatable bonds is 4. The third-order valence-corrected chi connectivity index (χ3v) is 5.84. The maximum atomic E-state index is 5.68. The first kappa shape index (κ1) is 12.7. The summed E-state index contributed by atoms with van der Waals surface area (Å²) in [5.41, 5.74) is 5.95. The number of tetrazole rings is 1. The molecule has 5 rings (SSSR count). The van der Waals surface area contributed by atoms with Crippen LogP contribution in [0.3, 0.4) is 0 Å². The van der Waals surface area contributed by atoms with E-state index in [1.807, 2.05) is 0 Å². The van der Waals surface area contributed by atoms with E-state index in [0.717, 1.165) is 30.1 Å². The lowest BCUT2D eigenvalue weighted by atomic mass is 9.49. The molecule has 1 heterocycles. The van der Waals surface area contributed by atoms with Crippen molar-refractivity contribution in [2.75, 3.05) is 6.54 Å². The lowest BCUT2D eigenvalue weighted by Gasteiger charge is -2.55. The highest BCUT2D eigenvalue weighted by Crippen LogP contribution is 2.59. The molecule has 110 valence electrons. The molecule has 20 heavy (non-hydrogen) atoms. The zero-order valence-corrected chi connectivity index (χ0v) is 12.3. The van der Waals surface area contributed by atoms with Crippen molar-refractivity contribution in [3.05, 3.63) is 5.82 Å². The Hall–Kier alpha value is -0.970. The van der Waals surface area contributed by atoms with E-state index in [0.29, 0.717) is 12.5 Å². The minimum atomic E-state index is 0.263. The first-order valence-corrected chi connectivity index (χ1v) is 8.15. The lowest BCUT2D eigenvalue weighted by Crippen LogP contribution is -2.49. The molecule has 0 saturated heterocycles. The Morgan fingerprint density at radius 3 is 2.35 bits per heavy atom. The monoisotopic (exact) mass is 275 g/mol. The van der Waals surface area contributed by atoms with Crippen molar-refractivity contribution in [3.63, 3.8) is 0 Å². The fraction of sp³-hybridized carbons (Fsp3) is 0.933. The number of nitrogens with two attached hydrogens (primary N) is 1. The van der Waals surface area contributed by atoms with Gasteiger partial charge in [-0.25, -0.2) is 0 Å². The summed E-state index contributed by atoms with van der Waals surface area (Å²) in [5, 5.41) is 13.4. The van der Waals surface area contributed by atoms with Crippen molar-refractivity contribution < 1.29 is 0 Å². The van der Waals surface area contributed by atoms with E-state index in [1.165, 1.54) is 38.5 Å². The fourth-order valence-corrected chi connectivity index (χ4v) is 5.27. The summed E-state index contributed by atoms with van der Waals surface area (Å²) in [6, 6.07) is 0. The van der Waals surface area contributed by atoms with Gasteiger partial charge in [-0.2, -0.15) is 4.80 Å². The third-order valence-electron chi connectivity index (χ3n) is 5.84. The van der Waals surface area contributed by atoms with Crippen molar-refractivity contribution in [3.8, 4) is 0 Å². The largest absolute Gasteiger partial charge is 0.330 e. The van der Waals surface area contributed by atoms with Gasteiger partial charge >= 0.3 is 0 Å². The molecule has 4 saturated carbocycles. The molecule has 5 heteroatoms. The average Bonchev–Trinajstić information content (AvgIpc) is 2.86. The minimum Gasteiger partial charge on any atom is -0.330 e. The van der Waals surface area contributed by atoms with Gasteiger partial charge in [0.15, 0.2) is 5.82 Å². The molecular formula is C15H25N5. The van der Waals surface area contributed by atoms with Crippen LogP contribution in [0.4, 0.5) is 0 Å². The van der Waals surface area contributed by atoms with Gasteiger partial charge in [-0.05, 0) is 74.0 Å². The predicted molar refractivity (Wildman–Crippen MR) is 75.9 cm³/mol. The molecule has 1 atom stereocenters. The standard InChI is InChI=1S/C15H25N5/c1-10(8-16)9-20-18-14(17-19-20)15-5-11-2-12(6-15)4-13(3-11)7-15/h10-13H,2-9,16H2,1H3. The zero-order chi connectivity index (χ0) is 13.7. The van der Waals surface area contributed by atoms with Crippen LogP contribution in [-0.2, 0) is 12.0 Å². The van der Waals surface area contributed by atoms with E-state index in [1.54, 1.807) is 4.80 Å². The Morgan fingerprint density at radius 2 is 1.80 bits per heavy atom. The quantitative estimate of drug-likeness (QED) is 0.908. The van der Waals surface area contributed by atoms with E-state index >= 15 is 0 Å². The van der Waals surface area contributed by atoms with Crippen molar-refractivity contribution in [2.24, 2.45) is 29.4 Å². The topological polar surface area (TPSA) is 69.6 Å². The summed E-state index contributed by atoms with van der Waals surface area (Å²) in [7, 11) is 0. The second kappa shape index (κ2) is 4.52. The Kier molecular flexibility index (Phi) is 2.88. The molecule has 0 amide bonds. The van der Waals surface area contributed by atoms with Gasteiger partial charge in [-0.15, -0.1) is 10.2 Å². The molecule has 4 aliphatic rings. The summed E-state index contributed by atoms with van der Waals surface area (Å²) >= 11 is 0. The zero-order valence-electron chi connectivity index (χ0n) is 12.3. The van der Waals surface area contributed by atoms with Crippen LogP contribution in [0.5, 0.6) is 0 Å². The molecule has 4 fully saturated rings. The first-order chi connectivity index (χ1) is 9.67. The number of hydrogen-bond acceptors (Lipinski definition) is 4. The highest BCUT2D eigenvalue weighted by atomic mass is 15.6. The highest BCUT2D eigenvalue weighted by Gasteiger charge is 2.53. The number of aromatic nitrogens is 4. The van der Waals surface area contributed by atoms with Crippen LogP contribution in [0, 0.1) is 23.7 Å². The summed E-state index contributed by atoms with van der Waals surface area (Å²) in [4.78, 5) is 1.77. The molecule has 2 N–H and O–H groups in total. The summed E-state index contributed by atoms with van der Waals surface area (Å²) in [6.07, 6.45) is 8.28. The van der Waals surface area contributed by atoms with Gasteiger partial charge in [-0.3, -0.25) is 0 Å². The lowest BCUT2D eigenvalue weighted by molar-refractivity contribution is -0.00956. The smallest absolute Gasteiger partial charge is 0.180 e. The van der Waals surface area contributed by atoms with Crippen molar-refractivity contribution in [1.29, 1.82) is 0 Å². The SMILES string of the molecule is CC(CN)Cn1nnc(C23CC4CC(CC(C4)C2)C3)n1. The van der Waals surface area contributed by atoms with Gasteiger partial charge in [0.05, 0.1) is 6.54 Å². The van der Waals surface area contributed by atoms with Crippen LogP contribution in [0.2, 0.25) is 0 Å². The summed E-state index contributed by atoms with van der Waals surface area (Å²) in [6.45, 7) is 3.60. The van der Waals surface area contributed by atoms with E-state index in [9.17, 15) is 0 Å². The van der Waals surface area contributed by atoms with Crippen molar-refractivity contribution >= 4 is 0 Å². The molecule has 0 aliphatic heterocycles. The molecule has 0 aromatic carbocycles. The normalized spacial score (nSPS) is 40.2. The number of nitrogens with zero attached hydrogens (tertiary/aromatic N) is 4. The molecule has 1 aromatic heterocycles. The van der Waals surface area contributed by atoms with Crippen LogP contribution in [0.1, 0.15) is 51.3 Å². The van der Waals surface area contributed by atoms with Crippen molar-refractivity contribution in [1.82, 2.24) is 20.2 Å². The summed E-state index contributed by atoms with van der Waals surface area (Å²) < 4.78 is 0. The maximum absolute atomic E-state index is 5.68. The molecule has 4 bridgehead atoms. The van der Waals surface area contributed by atoms with E-state index in [-0.39, 0.29) is 5.41 Å². The van der Waals surface area contributed by atoms with Crippen LogP contribution in [0.25, 0.3) is 0 Å². The maximum Gasteiger partial charge on any atom is 0.180 e. The van der Waals surface area contributed by atoms with Crippen molar-refractivity contribution in [2.45, 2.75) is 57.4 Å². The minimum absolute atomic E-state index is 0.263. The fourth-order valence-electron chi connectivity index (χ4n) is 5.27. The van der Waals surface area contributed by atoms with Gasteiger partial charge in [0.2, 0.25) is 0 Å². The second-order valence-corrected chi connectivity index (χ2v) is 7.71. The predicted octanol–water partition coefficient (Wildman–Crippen LogP) is 1.74. The van der Waals surface area contributed by atoms with Crippen LogP contribution < -0.4 is 5.73 Å². The van der Waals surface area contributed by atoms with E-state index < -0.39 is 0 Å². The van der Waals surface area contributed by atoms with Gasteiger partial charge in [0.25, 0.3) is 0 Å². The van der Waals surface area contributed by atoms with Crippen LogP contribution in [-0.4, -0.2) is 26.8 Å². The van der Waals surface area contributed by atoms with E-state index in [2.05, 4.69) is 17.2 Å². The molecular weight excluding hydrogens is 250 g/mol. The molecule has 1 aromatic rings. The Bertz CT molecular complexity index is 459. The first-order valence-electron chi connectivity index (χ1n) is 8.15. The average molecular weight is 275 g/mol. The van der Waals surface area contributed by atoms with E-state index in [4.69, 9.17) is 10.8 Å². The van der Waals surface area contributed by atoms with Gasteiger partial charge in [-0.1, -0.05) is 6.92 Å². The molecule has 0 spiro atoms. The third kappa shape index (κ3) is 1.98. The molecule has 0 radical (unpaired) electrons. The van der Waals surface area contributed by atoms with Gasteiger partial charge in [0.1, 0.15) is 0 Å². The van der Waals surface area contributed by atoms with Crippen LogP contribution in [0.15, 0.2) is 0 Å². The Morgan fingerprint density at radius 1 is 1.20 bits per heavy atom. The molecule has 5 nitrogen and oxygen atoms in total. The van der Waals surface area contributed by atoms with Gasteiger partial charge < -0.3 is 5.73 Å². The second-order valence-electron chi connectivity index (χ2n) is 7.71. The summed E-state index contributed by atoms with van der Waals surface area (Å²) in [5.74, 6) is 4.22. The van der Waals surface area contributed by atoms with Crippen LogP contribution >= 0.6 is 0 Å². The number of hydrogen-bond donors (Lipinski definition) is 1. The Labute approximate surface area is 120 Å². The molecule has 1 unspecified atom stereocenters. The van der Waals surface area contributed by atoms with Gasteiger partial charge in [0, 0.05) is 5.41 Å². The molecule has 4 aliphatic carbocycles. The highest BCUT2D eigenvalue weighted by molar-refractivity contribution is 5.15. The Balaban J connectivity index is 1.58.